The molecular weight excluding hydrogens is 573 g/mol. The van der Waals surface area contributed by atoms with Crippen LogP contribution in [0.25, 0.3) is 0 Å². The van der Waals surface area contributed by atoms with E-state index in [1.165, 1.54) is 42.3 Å². The molecule has 3 aromatic rings. The number of hydrogen-bond donors (Lipinski definition) is 1. The van der Waals surface area contributed by atoms with E-state index >= 15 is 0 Å². The van der Waals surface area contributed by atoms with Crippen molar-refractivity contribution in [2.24, 2.45) is 0 Å². The lowest BCUT2D eigenvalue weighted by Gasteiger charge is -2.32. The number of carbonyl (C=O) groups excluding carboxylic acids is 2. The number of methoxy groups -OCH3 is 1. The van der Waals surface area contributed by atoms with Gasteiger partial charge in [0.05, 0.1) is 22.7 Å². The van der Waals surface area contributed by atoms with Crippen LogP contribution >= 0.6 is 23.2 Å². The monoisotopic (exact) mass is 605 g/mol. The molecule has 2 unspecified atom stereocenters. The van der Waals surface area contributed by atoms with Crippen molar-refractivity contribution in [3.63, 3.8) is 0 Å². The molecule has 2 amide bonds. The predicted octanol–water partition coefficient (Wildman–Crippen LogP) is 5.53. The summed E-state index contributed by atoms with van der Waals surface area (Å²) in [7, 11) is -2.72. The molecule has 214 valence electrons. The second-order valence-corrected chi connectivity index (χ2v) is 12.0. The number of sulfonamides is 1. The van der Waals surface area contributed by atoms with E-state index in [4.69, 9.17) is 27.9 Å². The van der Waals surface area contributed by atoms with Gasteiger partial charge in [-0.1, -0.05) is 60.5 Å². The molecule has 0 aliphatic rings. The normalized spacial score (nSPS) is 12.8. The van der Waals surface area contributed by atoms with E-state index in [-0.39, 0.29) is 39.1 Å². The number of nitrogens with zero attached hydrogens (tertiary/aromatic N) is 2. The van der Waals surface area contributed by atoms with Crippen LogP contribution in [-0.4, -0.2) is 50.9 Å². The minimum atomic E-state index is -4.25. The smallest absolute Gasteiger partial charge is 0.264 e. The van der Waals surface area contributed by atoms with Crippen LogP contribution < -0.4 is 14.4 Å². The minimum Gasteiger partial charge on any atom is -0.497 e. The van der Waals surface area contributed by atoms with Crippen LogP contribution in [0.1, 0.15) is 32.8 Å². The van der Waals surface area contributed by atoms with Gasteiger partial charge in [-0.2, -0.15) is 0 Å². The van der Waals surface area contributed by atoms with Crippen molar-refractivity contribution >= 4 is 50.7 Å². The summed E-state index contributed by atoms with van der Waals surface area (Å²) in [5.74, 6) is -0.380. The summed E-state index contributed by atoms with van der Waals surface area (Å²) < 4.78 is 33.9. The molecule has 8 nitrogen and oxygen atoms in total. The molecule has 0 aromatic heterocycles. The molecular formula is C29H33Cl2N3O5S. The molecule has 0 heterocycles. The fourth-order valence-corrected chi connectivity index (χ4v) is 5.81. The van der Waals surface area contributed by atoms with Gasteiger partial charge in [0.15, 0.2) is 0 Å². The molecule has 0 aliphatic heterocycles. The van der Waals surface area contributed by atoms with Gasteiger partial charge in [-0.15, -0.1) is 0 Å². The van der Waals surface area contributed by atoms with Gasteiger partial charge in [0.2, 0.25) is 11.8 Å². The highest BCUT2D eigenvalue weighted by Gasteiger charge is 2.33. The van der Waals surface area contributed by atoms with Crippen LogP contribution in [0.3, 0.4) is 0 Å². The van der Waals surface area contributed by atoms with Crippen molar-refractivity contribution in [1.29, 1.82) is 0 Å². The largest absolute Gasteiger partial charge is 0.497 e. The van der Waals surface area contributed by atoms with E-state index in [0.29, 0.717) is 17.7 Å². The Bertz CT molecular complexity index is 1440. The van der Waals surface area contributed by atoms with Gasteiger partial charge in [0.25, 0.3) is 10.0 Å². The Balaban J connectivity index is 2.06. The molecule has 1 N–H and O–H groups in total. The van der Waals surface area contributed by atoms with Gasteiger partial charge in [-0.3, -0.25) is 13.9 Å². The molecule has 2 atom stereocenters. The topological polar surface area (TPSA) is 96.0 Å². The molecule has 0 fully saturated rings. The van der Waals surface area contributed by atoms with Crippen molar-refractivity contribution in [3.05, 3.63) is 88.4 Å². The number of halogens is 2. The number of nitrogens with one attached hydrogen (secondary N) is 1. The van der Waals surface area contributed by atoms with Crippen LogP contribution in [0.5, 0.6) is 5.75 Å². The molecule has 11 heteroatoms. The highest BCUT2D eigenvalue weighted by atomic mass is 35.5. The van der Waals surface area contributed by atoms with Gasteiger partial charge in [-0.05, 0) is 68.3 Å². The summed E-state index contributed by atoms with van der Waals surface area (Å²) in [6, 6.07) is 18.2. The van der Waals surface area contributed by atoms with Gasteiger partial charge < -0.3 is 15.0 Å². The minimum absolute atomic E-state index is 0.0271. The van der Waals surface area contributed by atoms with Crippen molar-refractivity contribution in [1.82, 2.24) is 10.2 Å². The third-order valence-electron chi connectivity index (χ3n) is 6.44. The second kappa shape index (κ2) is 13.9. The summed E-state index contributed by atoms with van der Waals surface area (Å²) in [5.41, 5.74) is 0.749. The lowest BCUT2D eigenvalue weighted by atomic mass is 10.1. The van der Waals surface area contributed by atoms with Crippen molar-refractivity contribution < 1.29 is 22.7 Å². The summed E-state index contributed by atoms with van der Waals surface area (Å²) in [4.78, 5) is 28.5. The molecule has 3 rings (SSSR count). The zero-order valence-corrected chi connectivity index (χ0v) is 25.1. The second-order valence-electron chi connectivity index (χ2n) is 9.29. The van der Waals surface area contributed by atoms with Gasteiger partial charge in [-0.25, -0.2) is 8.42 Å². The standard InChI is InChI=1S/C29H33Cl2N3O5S/c1-5-20(2)32-29(36)21(3)33(18-22-10-9-11-24(16-22)39-4)28(35)19-34(27-17-23(30)14-15-26(27)31)40(37,38)25-12-7-6-8-13-25/h6-17,20-21H,5,18-19H2,1-4H3,(H,32,36). The molecule has 40 heavy (non-hydrogen) atoms. The van der Waals surface area contributed by atoms with Crippen molar-refractivity contribution in [3.8, 4) is 5.75 Å². The quantitative estimate of drug-likeness (QED) is 0.293. The SMILES string of the molecule is CCC(C)NC(=O)C(C)N(Cc1cccc(OC)c1)C(=O)CN(c1cc(Cl)ccc1Cl)S(=O)(=O)c1ccccc1. The third kappa shape index (κ3) is 7.68. The zero-order chi connectivity index (χ0) is 29.4. The van der Waals surface area contributed by atoms with E-state index < -0.39 is 28.5 Å². The Morgan fingerprint density at radius 3 is 2.33 bits per heavy atom. The van der Waals surface area contributed by atoms with E-state index in [1.54, 1.807) is 49.4 Å². The lowest BCUT2D eigenvalue weighted by molar-refractivity contribution is -0.139. The van der Waals surface area contributed by atoms with Gasteiger partial charge in [0, 0.05) is 17.6 Å². The van der Waals surface area contributed by atoms with Crippen molar-refractivity contribution in [2.75, 3.05) is 18.0 Å². The molecule has 0 spiro atoms. The summed E-state index contributed by atoms with van der Waals surface area (Å²) in [6.45, 7) is 4.83. The maximum atomic E-state index is 14.0. The number of anilines is 1. The molecule has 0 radical (unpaired) electrons. The first-order valence-electron chi connectivity index (χ1n) is 12.7. The Labute approximate surface area is 245 Å². The predicted molar refractivity (Wildman–Crippen MR) is 158 cm³/mol. The number of ether oxygens (including phenoxy) is 1. The van der Waals surface area contributed by atoms with E-state index in [9.17, 15) is 18.0 Å². The fraction of sp³-hybridized carbons (Fsp3) is 0.310. The summed E-state index contributed by atoms with van der Waals surface area (Å²) in [5, 5.41) is 3.24. The van der Waals surface area contributed by atoms with Crippen LogP contribution in [0.4, 0.5) is 5.69 Å². The number of amides is 2. The first-order chi connectivity index (χ1) is 19.0. The Kier molecular flexibility index (Phi) is 10.8. The summed E-state index contributed by atoms with van der Waals surface area (Å²) >= 11 is 12.6. The first-order valence-corrected chi connectivity index (χ1v) is 14.9. The summed E-state index contributed by atoms with van der Waals surface area (Å²) in [6.07, 6.45) is 0.707. The van der Waals surface area contributed by atoms with E-state index in [2.05, 4.69) is 5.32 Å². The molecule has 0 bridgehead atoms. The number of carbonyl (C=O) groups is 2. The van der Waals surface area contributed by atoms with Gasteiger partial charge in [0.1, 0.15) is 18.3 Å². The molecule has 0 saturated carbocycles. The van der Waals surface area contributed by atoms with Gasteiger partial charge >= 0.3 is 0 Å². The maximum absolute atomic E-state index is 14.0. The highest BCUT2D eigenvalue weighted by molar-refractivity contribution is 7.92. The Morgan fingerprint density at radius 1 is 0.975 bits per heavy atom. The molecule has 3 aromatic carbocycles. The number of benzene rings is 3. The van der Waals surface area contributed by atoms with E-state index in [1.807, 2.05) is 13.8 Å². The average Bonchev–Trinajstić information content (AvgIpc) is 2.95. The molecule has 0 aliphatic carbocycles. The average molecular weight is 607 g/mol. The lowest BCUT2D eigenvalue weighted by Crippen LogP contribution is -2.52. The zero-order valence-electron chi connectivity index (χ0n) is 22.8. The van der Waals surface area contributed by atoms with Crippen LogP contribution in [0.15, 0.2) is 77.7 Å². The Hall–Kier alpha value is -3.27. The Morgan fingerprint density at radius 2 is 1.68 bits per heavy atom. The number of rotatable bonds is 12. The first kappa shape index (κ1) is 31.3. The van der Waals surface area contributed by atoms with Crippen LogP contribution in [0, 0.1) is 0 Å². The highest BCUT2D eigenvalue weighted by Crippen LogP contribution is 2.33. The third-order valence-corrected chi connectivity index (χ3v) is 8.77. The van der Waals surface area contributed by atoms with E-state index in [0.717, 1.165) is 4.31 Å². The molecule has 0 saturated heterocycles. The maximum Gasteiger partial charge on any atom is 0.264 e. The fourth-order valence-electron chi connectivity index (χ4n) is 3.93. The van der Waals surface area contributed by atoms with Crippen molar-refractivity contribution in [2.45, 2.75) is 50.7 Å². The van der Waals surface area contributed by atoms with Crippen LogP contribution in [-0.2, 0) is 26.2 Å². The number of hydrogen-bond acceptors (Lipinski definition) is 5. The van der Waals surface area contributed by atoms with Crippen LogP contribution in [0.2, 0.25) is 10.0 Å².